The van der Waals surface area contributed by atoms with Crippen molar-refractivity contribution in [3.8, 4) is 0 Å². The number of hydrogen-bond acceptors (Lipinski definition) is 4. The summed E-state index contributed by atoms with van der Waals surface area (Å²) in [4.78, 5) is 35.4. The van der Waals surface area contributed by atoms with Crippen molar-refractivity contribution >= 4 is 35.2 Å². The first-order valence-electron chi connectivity index (χ1n) is 5.33. The number of anilines is 1. The lowest BCUT2D eigenvalue weighted by molar-refractivity contribution is -0.136. The Kier molecular flexibility index (Phi) is 3.66. The van der Waals surface area contributed by atoms with Crippen LogP contribution in [0.3, 0.4) is 0 Å². The number of carbonyl (C=O) groups excluding carboxylic acids is 2. The molecule has 2 amide bonds. The molecule has 2 rings (SSSR count). The highest BCUT2D eigenvalue weighted by atomic mass is 32.2. The molecule has 1 aliphatic heterocycles. The van der Waals surface area contributed by atoms with Gasteiger partial charge in [-0.25, -0.2) is 4.90 Å². The molecule has 0 unspecified atom stereocenters. The van der Waals surface area contributed by atoms with Crippen LogP contribution in [0.4, 0.5) is 5.69 Å². The SMILES string of the molecule is O=C(O)Cc1ccccc1N1C(=O)CSCC1=O. The number of amides is 2. The molecular weight excluding hydrogens is 254 g/mol. The summed E-state index contributed by atoms with van der Waals surface area (Å²) in [7, 11) is 0. The Labute approximate surface area is 108 Å². The second-order valence-electron chi connectivity index (χ2n) is 3.81. The molecule has 18 heavy (non-hydrogen) atoms. The van der Waals surface area contributed by atoms with Crippen LogP contribution in [0, 0.1) is 0 Å². The minimum atomic E-state index is -0.992. The summed E-state index contributed by atoms with van der Waals surface area (Å²) in [5.41, 5.74) is 0.855. The van der Waals surface area contributed by atoms with Crippen LogP contribution in [0.5, 0.6) is 0 Å². The molecule has 0 aromatic heterocycles. The molecule has 1 aliphatic rings. The van der Waals surface area contributed by atoms with Gasteiger partial charge in [-0.2, -0.15) is 0 Å². The van der Waals surface area contributed by atoms with Crippen LogP contribution in [0.25, 0.3) is 0 Å². The summed E-state index contributed by atoms with van der Waals surface area (Å²) in [6.07, 6.45) is -0.208. The number of carboxylic acid groups (broad SMARTS) is 1. The topological polar surface area (TPSA) is 74.7 Å². The van der Waals surface area contributed by atoms with Gasteiger partial charge in [0, 0.05) is 0 Å². The van der Waals surface area contributed by atoms with E-state index in [-0.39, 0.29) is 29.7 Å². The van der Waals surface area contributed by atoms with E-state index in [0.717, 1.165) is 4.90 Å². The molecule has 94 valence electrons. The van der Waals surface area contributed by atoms with Crippen molar-refractivity contribution in [3.63, 3.8) is 0 Å². The molecule has 1 fully saturated rings. The quantitative estimate of drug-likeness (QED) is 0.823. The molecule has 0 aliphatic carbocycles. The zero-order valence-corrected chi connectivity index (χ0v) is 10.3. The molecule has 1 heterocycles. The van der Waals surface area contributed by atoms with E-state index in [1.807, 2.05) is 0 Å². The molecule has 0 bridgehead atoms. The molecule has 0 spiro atoms. The summed E-state index contributed by atoms with van der Waals surface area (Å²) < 4.78 is 0. The van der Waals surface area contributed by atoms with Gasteiger partial charge in [0.15, 0.2) is 0 Å². The van der Waals surface area contributed by atoms with Crippen molar-refractivity contribution in [1.82, 2.24) is 0 Å². The second kappa shape index (κ2) is 5.22. The monoisotopic (exact) mass is 265 g/mol. The van der Waals surface area contributed by atoms with Gasteiger partial charge in [0.05, 0.1) is 23.6 Å². The fraction of sp³-hybridized carbons (Fsp3) is 0.250. The number of thioether (sulfide) groups is 1. The third kappa shape index (κ3) is 2.53. The van der Waals surface area contributed by atoms with E-state index in [4.69, 9.17) is 5.11 Å². The standard InChI is InChI=1S/C12H11NO4S/c14-10-6-18-7-11(15)13(10)9-4-2-1-3-8(9)5-12(16)17/h1-4H,5-7H2,(H,16,17). The molecule has 1 aromatic rings. The fourth-order valence-electron chi connectivity index (χ4n) is 1.80. The zero-order chi connectivity index (χ0) is 13.1. The number of nitrogens with zero attached hydrogens (tertiary/aromatic N) is 1. The van der Waals surface area contributed by atoms with E-state index in [1.165, 1.54) is 11.8 Å². The second-order valence-corrected chi connectivity index (χ2v) is 4.80. The molecule has 1 saturated heterocycles. The first kappa shape index (κ1) is 12.6. The molecule has 0 saturated carbocycles. The lowest BCUT2D eigenvalue weighted by Gasteiger charge is -2.26. The summed E-state index contributed by atoms with van der Waals surface area (Å²) in [6.45, 7) is 0. The summed E-state index contributed by atoms with van der Waals surface area (Å²) in [5, 5.41) is 8.83. The number of benzene rings is 1. The number of hydrogen-bond donors (Lipinski definition) is 1. The Hall–Kier alpha value is -1.82. The van der Waals surface area contributed by atoms with Crippen molar-refractivity contribution in [2.45, 2.75) is 6.42 Å². The molecule has 1 aromatic carbocycles. The summed E-state index contributed by atoms with van der Waals surface area (Å²) >= 11 is 1.27. The number of rotatable bonds is 3. The van der Waals surface area contributed by atoms with Crippen LogP contribution >= 0.6 is 11.8 Å². The molecule has 5 nitrogen and oxygen atoms in total. The minimum Gasteiger partial charge on any atom is -0.481 e. The Morgan fingerprint density at radius 2 is 1.83 bits per heavy atom. The first-order valence-corrected chi connectivity index (χ1v) is 6.48. The maximum absolute atomic E-state index is 11.8. The first-order chi connectivity index (χ1) is 8.59. The van der Waals surface area contributed by atoms with Gasteiger partial charge < -0.3 is 5.11 Å². The van der Waals surface area contributed by atoms with E-state index in [2.05, 4.69) is 0 Å². The maximum atomic E-state index is 11.8. The Balaban J connectivity index is 2.39. The average Bonchev–Trinajstić information content (AvgIpc) is 2.30. The average molecular weight is 265 g/mol. The normalized spacial score (nSPS) is 15.9. The number of imide groups is 1. The van der Waals surface area contributed by atoms with Crippen LogP contribution < -0.4 is 4.90 Å². The molecule has 0 atom stereocenters. The lowest BCUT2D eigenvalue weighted by atomic mass is 10.1. The van der Waals surface area contributed by atoms with Gasteiger partial charge in [-0.1, -0.05) is 18.2 Å². The van der Waals surface area contributed by atoms with Gasteiger partial charge in [0.25, 0.3) is 0 Å². The predicted molar refractivity (Wildman–Crippen MR) is 67.6 cm³/mol. The minimum absolute atomic E-state index is 0.208. The van der Waals surface area contributed by atoms with E-state index in [1.54, 1.807) is 24.3 Å². The number of aliphatic carboxylic acids is 1. The van der Waals surface area contributed by atoms with Crippen molar-refractivity contribution in [2.24, 2.45) is 0 Å². The predicted octanol–water partition coefficient (Wildman–Crippen LogP) is 0.920. The highest BCUT2D eigenvalue weighted by molar-refractivity contribution is 8.00. The highest BCUT2D eigenvalue weighted by Crippen LogP contribution is 2.25. The van der Waals surface area contributed by atoms with Crippen LogP contribution in [0.2, 0.25) is 0 Å². The molecule has 1 N–H and O–H groups in total. The molecule has 6 heteroatoms. The van der Waals surface area contributed by atoms with E-state index >= 15 is 0 Å². The Morgan fingerprint density at radius 1 is 1.22 bits per heavy atom. The van der Waals surface area contributed by atoms with Crippen molar-refractivity contribution in [2.75, 3.05) is 16.4 Å². The molecular formula is C12H11NO4S. The third-order valence-corrected chi connectivity index (χ3v) is 3.43. The lowest BCUT2D eigenvalue weighted by Crippen LogP contribution is -2.43. The van der Waals surface area contributed by atoms with Crippen LogP contribution in [-0.2, 0) is 20.8 Å². The van der Waals surface area contributed by atoms with Gasteiger partial charge in [0.1, 0.15) is 0 Å². The summed E-state index contributed by atoms with van der Waals surface area (Å²) in [6, 6.07) is 6.59. The van der Waals surface area contributed by atoms with Crippen molar-refractivity contribution in [3.05, 3.63) is 29.8 Å². The number of carbonyl (C=O) groups is 3. The van der Waals surface area contributed by atoms with Crippen molar-refractivity contribution < 1.29 is 19.5 Å². The van der Waals surface area contributed by atoms with E-state index < -0.39 is 5.97 Å². The maximum Gasteiger partial charge on any atom is 0.307 e. The number of para-hydroxylation sites is 1. The Bertz CT molecular complexity index is 499. The van der Waals surface area contributed by atoms with Crippen LogP contribution in [0.1, 0.15) is 5.56 Å². The van der Waals surface area contributed by atoms with Crippen LogP contribution in [-0.4, -0.2) is 34.4 Å². The van der Waals surface area contributed by atoms with Gasteiger partial charge >= 0.3 is 5.97 Å². The smallest absolute Gasteiger partial charge is 0.307 e. The third-order valence-electron chi connectivity index (χ3n) is 2.52. The van der Waals surface area contributed by atoms with E-state index in [0.29, 0.717) is 11.3 Å². The van der Waals surface area contributed by atoms with Gasteiger partial charge in [-0.05, 0) is 11.6 Å². The zero-order valence-electron chi connectivity index (χ0n) is 9.46. The highest BCUT2D eigenvalue weighted by Gasteiger charge is 2.29. The fourth-order valence-corrected chi connectivity index (χ4v) is 2.51. The van der Waals surface area contributed by atoms with Crippen molar-refractivity contribution in [1.29, 1.82) is 0 Å². The molecule has 0 radical (unpaired) electrons. The largest absolute Gasteiger partial charge is 0.481 e. The van der Waals surface area contributed by atoms with E-state index in [9.17, 15) is 14.4 Å². The number of carboxylic acids is 1. The Morgan fingerprint density at radius 3 is 2.44 bits per heavy atom. The van der Waals surface area contributed by atoms with Gasteiger partial charge in [0.2, 0.25) is 11.8 Å². The summed E-state index contributed by atoms with van der Waals surface area (Å²) in [5.74, 6) is -1.10. The van der Waals surface area contributed by atoms with Gasteiger partial charge in [-0.3, -0.25) is 14.4 Å². The van der Waals surface area contributed by atoms with Crippen LogP contribution in [0.15, 0.2) is 24.3 Å². The van der Waals surface area contributed by atoms with Gasteiger partial charge in [-0.15, -0.1) is 11.8 Å².